The molecule has 1 aliphatic rings. The van der Waals surface area contributed by atoms with Crippen molar-refractivity contribution in [2.75, 3.05) is 13.1 Å². The van der Waals surface area contributed by atoms with Gasteiger partial charge >= 0.3 is 0 Å². The fraction of sp³-hybridized carbons (Fsp3) is 0.462. The first-order valence-electron chi connectivity index (χ1n) is 6.27. The number of benzene rings is 1. The van der Waals surface area contributed by atoms with Crippen LogP contribution in [0, 0.1) is 0 Å². The number of piperidine rings is 1. The minimum Gasteiger partial charge on any atom is -0.328 e. The van der Waals surface area contributed by atoms with E-state index in [9.17, 15) is 4.79 Å². The van der Waals surface area contributed by atoms with Gasteiger partial charge < -0.3 is 5.73 Å². The Morgan fingerprint density at radius 2 is 1.89 bits per heavy atom. The van der Waals surface area contributed by atoms with Crippen molar-refractivity contribution in [3.63, 3.8) is 0 Å². The van der Waals surface area contributed by atoms with Gasteiger partial charge in [0, 0.05) is 19.1 Å². The molecule has 1 atom stereocenters. The molecule has 0 spiro atoms. The first-order chi connectivity index (χ1) is 8.72. The molecule has 1 aliphatic heterocycles. The van der Waals surface area contributed by atoms with Crippen molar-refractivity contribution in [1.29, 1.82) is 0 Å². The van der Waals surface area contributed by atoms with Crippen molar-refractivity contribution < 1.29 is 4.79 Å². The van der Waals surface area contributed by atoms with Gasteiger partial charge in [0.1, 0.15) is 6.04 Å². The third kappa shape index (κ3) is 2.87. The molecule has 2 rings (SSSR count). The van der Waals surface area contributed by atoms with Gasteiger partial charge in [0.05, 0.1) is 0 Å². The quantitative estimate of drug-likeness (QED) is 0.403. The molecule has 1 heterocycles. The van der Waals surface area contributed by atoms with Crippen LogP contribution in [0.25, 0.3) is 0 Å². The number of amides is 1. The van der Waals surface area contributed by atoms with Crippen LogP contribution in [0.5, 0.6) is 0 Å². The molecule has 5 nitrogen and oxygen atoms in total. The van der Waals surface area contributed by atoms with Crippen molar-refractivity contribution in [3.05, 3.63) is 35.9 Å². The SMILES string of the molecule is NNC(=O)C(c1ccccc1)N1CCC(N)CC1. The van der Waals surface area contributed by atoms with Crippen LogP contribution in [0.1, 0.15) is 24.4 Å². The Balaban J connectivity index is 2.18. The Hall–Kier alpha value is -1.43. The van der Waals surface area contributed by atoms with Gasteiger partial charge in [-0.1, -0.05) is 30.3 Å². The van der Waals surface area contributed by atoms with Gasteiger partial charge in [0.15, 0.2) is 0 Å². The lowest BCUT2D eigenvalue weighted by molar-refractivity contribution is -0.127. The van der Waals surface area contributed by atoms with Gasteiger partial charge in [-0.25, -0.2) is 5.84 Å². The second kappa shape index (κ2) is 5.95. The van der Waals surface area contributed by atoms with Crippen LogP contribution in [0.3, 0.4) is 0 Å². The summed E-state index contributed by atoms with van der Waals surface area (Å²) < 4.78 is 0. The molecule has 1 saturated heterocycles. The molecule has 0 saturated carbocycles. The number of hydrogen-bond donors (Lipinski definition) is 3. The highest BCUT2D eigenvalue weighted by molar-refractivity contribution is 5.82. The van der Waals surface area contributed by atoms with Crippen molar-refractivity contribution in [1.82, 2.24) is 10.3 Å². The van der Waals surface area contributed by atoms with Crippen LogP contribution >= 0.6 is 0 Å². The third-order valence-corrected chi connectivity index (χ3v) is 3.45. The first-order valence-corrected chi connectivity index (χ1v) is 6.27. The lowest BCUT2D eigenvalue weighted by Gasteiger charge is -2.35. The molecule has 0 aliphatic carbocycles. The average Bonchev–Trinajstić information content (AvgIpc) is 2.42. The fourth-order valence-electron chi connectivity index (χ4n) is 2.42. The van der Waals surface area contributed by atoms with Gasteiger partial charge in [-0.05, 0) is 18.4 Å². The zero-order chi connectivity index (χ0) is 13.0. The third-order valence-electron chi connectivity index (χ3n) is 3.45. The molecular formula is C13H20N4O. The van der Waals surface area contributed by atoms with Crippen molar-refractivity contribution in [3.8, 4) is 0 Å². The van der Waals surface area contributed by atoms with Crippen molar-refractivity contribution in [2.24, 2.45) is 11.6 Å². The smallest absolute Gasteiger partial charge is 0.255 e. The first kappa shape index (κ1) is 13.0. The molecular weight excluding hydrogens is 228 g/mol. The summed E-state index contributed by atoms with van der Waals surface area (Å²) in [6.07, 6.45) is 1.84. The topological polar surface area (TPSA) is 84.4 Å². The molecule has 1 aromatic carbocycles. The standard InChI is InChI=1S/C13H20N4O/c14-11-6-8-17(9-7-11)12(13(18)16-15)10-4-2-1-3-5-10/h1-5,11-12H,6-9,14-15H2,(H,16,18). The van der Waals surface area contributed by atoms with Crippen LogP contribution in [-0.2, 0) is 4.79 Å². The number of likely N-dealkylation sites (tertiary alicyclic amines) is 1. The van der Waals surface area contributed by atoms with E-state index in [-0.39, 0.29) is 18.0 Å². The summed E-state index contributed by atoms with van der Waals surface area (Å²) in [5.74, 6) is 5.12. The molecule has 5 heteroatoms. The second-order valence-electron chi connectivity index (χ2n) is 4.70. The van der Waals surface area contributed by atoms with Gasteiger partial charge in [0.25, 0.3) is 5.91 Å². The number of carbonyl (C=O) groups excluding carboxylic acids is 1. The maximum Gasteiger partial charge on any atom is 0.255 e. The summed E-state index contributed by atoms with van der Waals surface area (Å²) in [6, 6.07) is 9.64. The maximum absolute atomic E-state index is 12.0. The number of hydrazine groups is 1. The second-order valence-corrected chi connectivity index (χ2v) is 4.70. The Labute approximate surface area is 107 Å². The Bertz CT molecular complexity index is 387. The van der Waals surface area contributed by atoms with Crippen LogP contribution in [0.2, 0.25) is 0 Å². The van der Waals surface area contributed by atoms with E-state index in [0.29, 0.717) is 0 Å². The highest BCUT2D eigenvalue weighted by Crippen LogP contribution is 2.24. The Morgan fingerprint density at radius 1 is 1.28 bits per heavy atom. The van der Waals surface area contributed by atoms with Crippen molar-refractivity contribution >= 4 is 5.91 Å². The minimum absolute atomic E-state index is 0.170. The highest BCUT2D eigenvalue weighted by atomic mass is 16.2. The summed E-state index contributed by atoms with van der Waals surface area (Å²) >= 11 is 0. The number of hydrogen-bond acceptors (Lipinski definition) is 4. The lowest BCUT2D eigenvalue weighted by atomic mass is 9.99. The number of nitrogens with zero attached hydrogens (tertiary/aromatic N) is 1. The maximum atomic E-state index is 12.0. The monoisotopic (exact) mass is 248 g/mol. The molecule has 1 unspecified atom stereocenters. The number of carbonyl (C=O) groups is 1. The summed E-state index contributed by atoms with van der Waals surface area (Å²) in [7, 11) is 0. The lowest BCUT2D eigenvalue weighted by Crippen LogP contribution is -2.48. The minimum atomic E-state index is -0.316. The van der Waals surface area contributed by atoms with E-state index in [4.69, 9.17) is 11.6 Å². The molecule has 1 amide bonds. The van der Waals surface area contributed by atoms with Crippen LogP contribution in [0.15, 0.2) is 30.3 Å². The molecule has 98 valence electrons. The van der Waals surface area contributed by atoms with Crippen molar-refractivity contribution in [2.45, 2.75) is 24.9 Å². The van der Waals surface area contributed by atoms with E-state index in [1.807, 2.05) is 30.3 Å². The van der Waals surface area contributed by atoms with E-state index in [1.165, 1.54) is 0 Å². The van der Waals surface area contributed by atoms with Gasteiger partial charge in [-0.2, -0.15) is 0 Å². The molecule has 0 bridgehead atoms. The zero-order valence-corrected chi connectivity index (χ0v) is 10.4. The summed E-state index contributed by atoms with van der Waals surface area (Å²) in [6.45, 7) is 1.66. The Morgan fingerprint density at radius 3 is 2.44 bits per heavy atom. The van der Waals surface area contributed by atoms with Gasteiger partial charge in [-0.15, -0.1) is 0 Å². The van der Waals surface area contributed by atoms with E-state index < -0.39 is 0 Å². The average molecular weight is 248 g/mol. The molecule has 5 N–H and O–H groups in total. The normalized spacial score (nSPS) is 19.4. The number of nitrogens with two attached hydrogens (primary N) is 2. The molecule has 18 heavy (non-hydrogen) atoms. The summed E-state index contributed by atoms with van der Waals surface area (Å²) in [5, 5.41) is 0. The molecule has 0 radical (unpaired) electrons. The summed E-state index contributed by atoms with van der Waals surface area (Å²) in [5.41, 5.74) is 9.12. The predicted octanol–water partition coefficient (Wildman–Crippen LogP) is 0.141. The van der Waals surface area contributed by atoms with Gasteiger partial charge in [-0.3, -0.25) is 15.1 Å². The van der Waals surface area contributed by atoms with Crippen LogP contribution in [-0.4, -0.2) is 29.9 Å². The fourth-order valence-corrected chi connectivity index (χ4v) is 2.42. The molecule has 1 fully saturated rings. The van der Waals surface area contributed by atoms with Crippen LogP contribution < -0.4 is 17.0 Å². The van der Waals surface area contributed by atoms with Crippen LogP contribution in [0.4, 0.5) is 0 Å². The zero-order valence-electron chi connectivity index (χ0n) is 10.4. The Kier molecular flexibility index (Phi) is 4.30. The van der Waals surface area contributed by atoms with Gasteiger partial charge in [0.2, 0.25) is 0 Å². The number of rotatable bonds is 3. The molecule has 1 aromatic rings. The number of nitrogens with one attached hydrogen (secondary N) is 1. The van der Waals surface area contributed by atoms with E-state index >= 15 is 0 Å². The highest BCUT2D eigenvalue weighted by Gasteiger charge is 2.29. The van der Waals surface area contributed by atoms with E-state index in [1.54, 1.807) is 0 Å². The van der Waals surface area contributed by atoms with E-state index in [0.717, 1.165) is 31.5 Å². The summed E-state index contributed by atoms with van der Waals surface area (Å²) in [4.78, 5) is 14.1. The van der Waals surface area contributed by atoms with E-state index in [2.05, 4.69) is 10.3 Å². The predicted molar refractivity (Wildman–Crippen MR) is 70.3 cm³/mol. The molecule has 0 aromatic heterocycles. The largest absolute Gasteiger partial charge is 0.328 e.